The van der Waals surface area contributed by atoms with E-state index in [1.54, 1.807) is 13.1 Å². The predicted molar refractivity (Wildman–Crippen MR) is 60.7 cm³/mol. The standard InChI is InChI=1S/C11H18N4O/c1-9(12)11(16)14-7-3-10(4-8-14)15-6-2-5-13-15/h2,5-6,9-10H,3-4,7-8,12H2,1H3. The Labute approximate surface area is 95.2 Å². The van der Waals surface area contributed by atoms with Crippen molar-refractivity contribution in [1.29, 1.82) is 0 Å². The normalized spacial score (nSPS) is 19.8. The maximum absolute atomic E-state index is 11.7. The highest BCUT2D eigenvalue weighted by atomic mass is 16.2. The molecule has 1 aliphatic heterocycles. The summed E-state index contributed by atoms with van der Waals surface area (Å²) in [6.07, 6.45) is 5.69. The second-order valence-corrected chi connectivity index (χ2v) is 4.33. The highest BCUT2D eigenvalue weighted by Crippen LogP contribution is 2.21. The molecule has 1 saturated heterocycles. The lowest BCUT2D eigenvalue weighted by Gasteiger charge is -2.33. The Hall–Kier alpha value is -1.36. The molecule has 88 valence electrons. The zero-order chi connectivity index (χ0) is 11.5. The summed E-state index contributed by atoms with van der Waals surface area (Å²) in [5.41, 5.74) is 5.59. The van der Waals surface area contributed by atoms with Crippen molar-refractivity contribution in [2.45, 2.75) is 31.8 Å². The lowest BCUT2D eigenvalue weighted by Crippen LogP contribution is -2.46. The van der Waals surface area contributed by atoms with Gasteiger partial charge in [-0.1, -0.05) is 0 Å². The molecule has 1 atom stereocenters. The van der Waals surface area contributed by atoms with Crippen LogP contribution >= 0.6 is 0 Å². The van der Waals surface area contributed by atoms with E-state index >= 15 is 0 Å². The minimum atomic E-state index is -0.388. The molecule has 1 fully saturated rings. The van der Waals surface area contributed by atoms with Crippen LogP contribution in [-0.2, 0) is 4.79 Å². The Bertz CT molecular complexity index is 339. The third kappa shape index (κ3) is 2.24. The molecule has 0 bridgehead atoms. The third-order valence-corrected chi connectivity index (χ3v) is 3.06. The quantitative estimate of drug-likeness (QED) is 0.787. The molecule has 5 nitrogen and oxygen atoms in total. The minimum Gasteiger partial charge on any atom is -0.341 e. The Morgan fingerprint density at radius 3 is 2.69 bits per heavy atom. The average Bonchev–Trinajstić information content (AvgIpc) is 2.81. The van der Waals surface area contributed by atoms with Crippen molar-refractivity contribution in [3.05, 3.63) is 18.5 Å². The molecule has 0 aromatic carbocycles. The first-order valence-electron chi connectivity index (χ1n) is 5.72. The summed E-state index contributed by atoms with van der Waals surface area (Å²) in [5.74, 6) is 0.0546. The van der Waals surface area contributed by atoms with Crippen LogP contribution in [0.2, 0.25) is 0 Å². The fourth-order valence-electron chi connectivity index (χ4n) is 2.14. The Balaban J connectivity index is 1.90. The van der Waals surface area contributed by atoms with Crippen LogP contribution in [0.4, 0.5) is 0 Å². The maximum atomic E-state index is 11.7. The SMILES string of the molecule is CC(N)C(=O)N1CCC(n2cccn2)CC1. The van der Waals surface area contributed by atoms with Crippen molar-refractivity contribution in [3.8, 4) is 0 Å². The van der Waals surface area contributed by atoms with Gasteiger partial charge in [-0.05, 0) is 25.8 Å². The molecule has 2 N–H and O–H groups in total. The number of carbonyl (C=O) groups excluding carboxylic acids is 1. The first kappa shape index (κ1) is 11.1. The van der Waals surface area contributed by atoms with Gasteiger partial charge in [-0.2, -0.15) is 5.10 Å². The van der Waals surface area contributed by atoms with E-state index in [4.69, 9.17) is 5.73 Å². The molecule has 5 heteroatoms. The van der Waals surface area contributed by atoms with Crippen LogP contribution in [-0.4, -0.2) is 39.7 Å². The first-order valence-corrected chi connectivity index (χ1v) is 5.72. The number of aromatic nitrogens is 2. The molecule has 2 rings (SSSR count). The summed E-state index contributed by atoms with van der Waals surface area (Å²) in [7, 11) is 0. The first-order chi connectivity index (χ1) is 7.68. The van der Waals surface area contributed by atoms with E-state index in [1.807, 2.05) is 21.8 Å². The van der Waals surface area contributed by atoms with Crippen LogP contribution in [0.25, 0.3) is 0 Å². The van der Waals surface area contributed by atoms with Gasteiger partial charge in [0.1, 0.15) is 0 Å². The number of piperidine rings is 1. The molecule has 1 unspecified atom stereocenters. The third-order valence-electron chi connectivity index (χ3n) is 3.06. The van der Waals surface area contributed by atoms with Gasteiger partial charge in [-0.25, -0.2) is 0 Å². The summed E-state index contributed by atoms with van der Waals surface area (Å²) in [6, 6.07) is 1.97. The topological polar surface area (TPSA) is 64.2 Å². The van der Waals surface area contributed by atoms with E-state index in [-0.39, 0.29) is 11.9 Å². The second kappa shape index (κ2) is 4.65. The van der Waals surface area contributed by atoms with Crippen LogP contribution < -0.4 is 5.73 Å². The van der Waals surface area contributed by atoms with E-state index in [2.05, 4.69) is 5.10 Å². The molecular weight excluding hydrogens is 204 g/mol. The lowest BCUT2D eigenvalue weighted by molar-refractivity contribution is -0.133. The molecule has 1 aromatic rings. The Morgan fingerprint density at radius 2 is 2.19 bits per heavy atom. The molecular formula is C11H18N4O. The maximum Gasteiger partial charge on any atom is 0.239 e. The van der Waals surface area contributed by atoms with E-state index in [0.29, 0.717) is 6.04 Å². The van der Waals surface area contributed by atoms with Crippen LogP contribution in [0.15, 0.2) is 18.5 Å². The van der Waals surface area contributed by atoms with Gasteiger partial charge >= 0.3 is 0 Å². The van der Waals surface area contributed by atoms with Gasteiger partial charge in [0, 0.05) is 25.5 Å². The Morgan fingerprint density at radius 1 is 1.50 bits per heavy atom. The summed E-state index contributed by atoms with van der Waals surface area (Å²) in [4.78, 5) is 13.5. The van der Waals surface area contributed by atoms with Gasteiger partial charge in [0.15, 0.2) is 0 Å². The molecule has 0 spiro atoms. The fourth-order valence-corrected chi connectivity index (χ4v) is 2.14. The molecule has 0 radical (unpaired) electrons. The molecule has 1 aliphatic rings. The molecule has 0 saturated carbocycles. The van der Waals surface area contributed by atoms with Crippen molar-refractivity contribution >= 4 is 5.91 Å². The smallest absolute Gasteiger partial charge is 0.239 e. The molecule has 1 aromatic heterocycles. The van der Waals surface area contributed by atoms with Crippen molar-refractivity contribution < 1.29 is 4.79 Å². The van der Waals surface area contributed by atoms with Crippen molar-refractivity contribution in [2.24, 2.45) is 5.73 Å². The van der Waals surface area contributed by atoms with E-state index in [0.717, 1.165) is 25.9 Å². The van der Waals surface area contributed by atoms with Crippen LogP contribution in [0.1, 0.15) is 25.8 Å². The summed E-state index contributed by atoms with van der Waals surface area (Å²) >= 11 is 0. The number of nitrogens with zero attached hydrogens (tertiary/aromatic N) is 3. The largest absolute Gasteiger partial charge is 0.341 e. The monoisotopic (exact) mass is 222 g/mol. The van der Waals surface area contributed by atoms with Gasteiger partial charge in [0.2, 0.25) is 5.91 Å². The van der Waals surface area contributed by atoms with E-state index in [9.17, 15) is 4.79 Å². The van der Waals surface area contributed by atoms with Crippen LogP contribution in [0.3, 0.4) is 0 Å². The lowest BCUT2D eigenvalue weighted by atomic mass is 10.0. The number of amides is 1. The molecule has 16 heavy (non-hydrogen) atoms. The van der Waals surface area contributed by atoms with E-state index < -0.39 is 0 Å². The van der Waals surface area contributed by atoms with Gasteiger partial charge in [-0.3, -0.25) is 9.48 Å². The number of likely N-dealkylation sites (tertiary alicyclic amines) is 1. The van der Waals surface area contributed by atoms with Crippen LogP contribution in [0, 0.1) is 0 Å². The van der Waals surface area contributed by atoms with Gasteiger partial charge in [0.25, 0.3) is 0 Å². The number of nitrogens with two attached hydrogens (primary N) is 1. The zero-order valence-corrected chi connectivity index (χ0v) is 9.54. The second-order valence-electron chi connectivity index (χ2n) is 4.33. The molecule has 2 heterocycles. The number of hydrogen-bond acceptors (Lipinski definition) is 3. The van der Waals surface area contributed by atoms with E-state index in [1.165, 1.54) is 0 Å². The van der Waals surface area contributed by atoms with Gasteiger partial charge in [0.05, 0.1) is 12.1 Å². The number of hydrogen-bond donors (Lipinski definition) is 1. The van der Waals surface area contributed by atoms with Gasteiger partial charge in [-0.15, -0.1) is 0 Å². The zero-order valence-electron chi connectivity index (χ0n) is 9.54. The Kier molecular flexibility index (Phi) is 3.24. The number of rotatable bonds is 2. The number of carbonyl (C=O) groups is 1. The fraction of sp³-hybridized carbons (Fsp3) is 0.636. The summed E-state index contributed by atoms with van der Waals surface area (Å²) in [5, 5.41) is 4.23. The predicted octanol–water partition coefficient (Wildman–Crippen LogP) is 0.394. The highest BCUT2D eigenvalue weighted by molar-refractivity contribution is 5.81. The summed E-state index contributed by atoms with van der Waals surface area (Å²) < 4.78 is 1.98. The van der Waals surface area contributed by atoms with Crippen LogP contribution in [0.5, 0.6) is 0 Å². The van der Waals surface area contributed by atoms with Gasteiger partial charge < -0.3 is 10.6 Å². The van der Waals surface area contributed by atoms with Crippen molar-refractivity contribution in [1.82, 2.24) is 14.7 Å². The van der Waals surface area contributed by atoms with Crippen molar-refractivity contribution in [2.75, 3.05) is 13.1 Å². The molecule has 0 aliphatic carbocycles. The average molecular weight is 222 g/mol. The minimum absolute atomic E-state index is 0.0546. The molecule has 1 amide bonds. The highest BCUT2D eigenvalue weighted by Gasteiger charge is 2.25. The summed E-state index contributed by atoms with van der Waals surface area (Å²) in [6.45, 7) is 3.30. The van der Waals surface area contributed by atoms with Crippen molar-refractivity contribution in [3.63, 3.8) is 0 Å².